The quantitative estimate of drug-likeness (QED) is 0.253. The molecular weight excluding hydrogens is 352 g/mol. The predicted molar refractivity (Wildman–Crippen MR) is 123 cm³/mol. The van der Waals surface area contributed by atoms with E-state index < -0.39 is 22.5 Å². The first kappa shape index (κ1) is 23.6. The Bertz CT molecular complexity index is 393. The SMILES string of the molecule is CCCCCCCCCCCC[Si]1(C)OC(C)(C)C[Si](C)(C)[Si]1(C)C. The third-order valence-corrected chi connectivity index (χ3v) is 48.0. The van der Waals surface area contributed by atoms with Crippen molar-refractivity contribution in [3.63, 3.8) is 0 Å². The van der Waals surface area contributed by atoms with Crippen molar-refractivity contribution in [1.82, 2.24) is 0 Å². The summed E-state index contributed by atoms with van der Waals surface area (Å²) < 4.78 is 6.93. The predicted octanol–water partition coefficient (Wildman–Crippen LogP) is 7.87. The smallest absolute Gasteiger partial charge is 0.174 e. The molecule has 0 bridgehead atoms. The molecule has 1 heterocycles. The number of hydrogen-bond donors (Lipinski definition) is 0. The fourth-order valence-corrected chi connectivity index (χ4v) is 38.7. The van der Waals surface area contributed by atoms with Gasteiger partial charge in [-0.15, -0.1) is 0 Å². The van der Waals surface area contributed by atoms with Crippen LogP contribution in [-0.2, 0) is 4.43 Å². The topological polar surface area (TPSA) is 9.23 Å². The van der Waals surface area contributed by atoms with Crippen LogP contribution < -0.4 is 0 Å². The zero-order valence-corrected chi connectivity index (χ0v) is 21.9. The molecule has 0 saturated carbocycles. The number of rotatable bonds is 11. The Labute approximate surface area is 162 Å². The molecule has 150 valence electrons. The molecule has 0 aromatic heterocycles. The summed E-state index contributed by atoms with van der Waals surface area (Å²) in [5.41, 5.74) is 0.150. The third kappa shape index (κ3) is 6.62. The van der Waals surface area contributed by atoms with E-state index in [1.807, 2.05) is 0 Å². The van der Waals surface area contributed by atoms with Crippen LogP contribution in [0.4, 0.5) is 0 Å². The van der Waals surface area contributed by atoms with Gasteiger partial charge in [0.25, 0.3) is 0 Å². The van der Waals surface area contributed by atoms with Crippen LogP contribution in [0.3, 0.4) is 0 Å². The van der Waals surface area contributed by atoms with Gasteiger partial charge in [-0.05, 0) is 32.5 Å². The van der Waals surface area contributed by atoms with Crippen LogP contribution in [0, 0.1) is 0 Å². The fourth-order valence-electron chi connectivity index (χ4n) is 5.09. The Kier molecular flexibility index (Phi) is 9.17. The first-order valence-corrected chi connectivity index (χ1v) is 22.0. The van der Waals surface area contributed by atoms with E-state index in [-0.39, 0.29) is 5.60 Å². The van der Waals surface area contributed by atoms with Crippen LogP contribution >= 0.6 is 0 Å². The van der Waals surface area contributed by atoms with Crippen LogP contribution in [-0.4, -0.2) is 28.1 Å². The van der Waals surface area contributed by atoms with E-state index in [0.717, 1.165) is 0 Å². The van der Waals surface area contributed by atoms with Gasteiger partial charge < -0.3 is 4.43 Å². The van der Waals surface area contributed by atoms with Crippen molar-refractivity contribution in [2.24, 2.45) is 0 Å². The van der Waals surface area contributed by atoms with Gasteiger partial charge in [-0.1, -0.05) is 97.3 Å². The second-order valence-corrected chi connectivity index (χ2v) is 37.5. The minimum atomic E-state index is -1.52. The summed E-state index contributed by atoms with van der Waals surface area (Å²) in [6, 6.07) is 2.81. The van der Waals surface area contributed by atoms with E-state index in [1.54, 1.807) is 0 Å². The molecule has 0 aromatic rings. The van der Waals surface area contributed by atoms with Crippen LogP contribution in [0.5, 0.6) is 0 Å². The van der Waals surface area contributed by atoms with Crippen molar-refractivity contribution in [2.75, 3.05) is 0 Å². The lowest BCUT2D eigenvalue weighted by atomic mass is 10.1. The second-order valence-electron chi connectivity index (χ2n) is 10.7. The summed E-state index contributed by atoms with van der Waals surface area (Å²) in [7, 11) is -3.83. The Balaban J connectivity index is 2.34. The van der Waals surface area contributed by atoms with Gasteiger partial charge in [0.2, 0.25) is 0 Å². The van der Waals surface area contributed by atoms with Gasteiger partial charge in [-0.2, -0.15) is 0 Å². The van der Waals surface area contributed by atoms with Crippen molar-refractivity contribution in [3.8, 4) is 0 Å². The van der Waals surface area contributed by atoms with Crippen molar-refractivity contribution in [3.05, 3.63) is 0 Å². The Morgan fingerprint density at radius 3 is 1.64 bits per heavy atom. The molecule has 1 nitrogen and oxygen atoms in total. The summed E-state index contributed by atoms with van der Waals surface area (Å²) in [4.78, 5) is 0. The minimum absolute atomic E-state index is 0.150. The average molecular weight is 401 g/mol. The van der Waals surface area contributed by atoms with Crippen LogP contribution in [0.25, 0.3) is 0 Å². The van der Waals surface area contributed by atoms with Gasteiger partial charge in [-0.25, -0.2) is 0 Å². The van der Waals surface area contributed by atoms with Gasteiger partial charge in [0.15, 0.2) is 7.83 Å². The second kappa shape index (κ2) is 9.70. The average Bonchev–Trinajstić information content (AvgIpc) is 2.46. The highest BCUT2D eigenvalue weighted by Gasteiger charge is 2.61. The normalized spacial score (nSPS) is 27.4. The van der Waals surface area contributed by atoms with Gasteiger partial charge in [0.05, 0.1) is 7.11 Å². The Morgan fingerprint density at radius 1 is 0.720 bits per heavy atom. The van der Waals surface area contributed by atoms with Crippen LogP contribution in [0.1, 0.15) is 85.0 Å². The van der Waals surface area contributed by atoms with Crippen LogP contribution in [0.2, 0.25) is 44.8 Å². The first-order valence-electron chi connectivity index (χ1n) is 11.2. The molecule has 1 unspecified atom stereocenters. The maximum Gasteiger partial charge on any atom is 0.174 e. The van der Waals surface area contributed by atoms with Crippen LogP contribution in [0.15, 0.2) is 0 Å². The summed E-state index contributed by atoms with van der Waals surface area (Å²) in [6.45, 7) is 20.4. The molecule has 1 rings (SSSR count). The molecule has 0 spiro atoms. The number of hydrogen-bond acceptors (Lipinski definition) is 1. The van der Waals surface area contributed by atoms with E-state index in [0.29, 0.717) is 0 Å². The van der Waals surface area contributed by atoms with E-state index in [1.165, 1.54) is 76.3 Å². The molecular formula is C21H48OSi3. The van der Waals surface area contributed by atoms with E-state index in [4.69, 9.17) is 4.43 Å². The van der Waals surface area contributed by atoms with E-state index in [9.17, 15) is 0 Å². The molecule has 0 aliphatic carbocycles. The minimum Gasteiger partial charge on any atom is -0.415 e. The lowest BCUT2D eigenvalue weighted by Crippen LogP contribution is -2.78. The molecule has 25 heavy (non-hydrogen) atoms. The third-order valence-electron chi connectivity index (χ3n) is 7.39. The molecule has 0 amide bonds. The fraction of sp³-hybridized carbons (Fsp3) is 1.00. The zero-order chi connectivity index (χ0) is 19.2. The standard InChI is InChI=1S/C21H48OSi3/c1-9-10-11-12-13-14-15-16-17-18-19-25(8)22-21(2,3)20-23(4,5)24(25,6)7/h9-20H2,1-8H3. The largest absolute Gasteiger partial charge is 0.415 e. The molecule has 0 radical (unpaired) electrons. The highest BCUT2D eigenvalue weighted by molar-refractivity contribution is 7.67. The zero-order valence-electron chi connectivity index (χ0n) is 18.9. The summed E-state index contributed by atoms with van der Waals surface area (Å²) in [6.07, 6.45) is 14.4. The van der Waals surface area contributed by atoms with Crippen molar-refractivity contribution >= 4 is 22.5 Å². The van der Waals surface area contributed by atoms with E-state index in [2.05, 4.69) is 53.5 Å². The lowest BCUT2D eigenvalue weighted by Gasteiger charge is -2.59. The molecule has 1 aliphatic rings. The lowest BCUT2D eigenvalue weighted by molar-refractivity contribution is 0.120. The monoisotopic (exact) mass is 400 g/mol. The van der Waals surface area contributed by atoms with Crippen molar-refractivity contribution < 1.29 is 4.43 Å². The molecule has 0 N–H and O–H groups in total. The van der Waals surface area contributed by atoms with E-state index >= 15 is 0 Å². The maximum atomic E-state index is 6.93. The summed E-state index contributed by atoms with van der Waals surface area (Å²) in [5.74, 6) is 0. The molecule has 0 aromatic carbocycles. The van der Waals surface area contributed by atoms with Crippen molar-refractivity contribution in [2.45, 2.75) is 135 Å². The maximum absolute atomic E-state index is 6.93. The van der Waals surface area contributed by atoms with Gasteiger partial charge >= 0.3 is 0 Å². The highest BCUT2D eigenvalue weighted by Crippen LogP contribution is 2.45. The first-order chi connectivity index (χ1) is 11.5. The Hall–Kier alpha value is 0.611. The highest BCUT2D eigenvalue weighted by atomic mass is 29.6. The van der Waals surface area contributed by atoms with Gasteiger partial charge in [0.1, 0.15) is 0 Å². The summed E-state index contributed by atoms with van der Waals surface area (Å²) >= 11 is 0. The number of unbranched alkanes of at least 4 members (excludes halogenated alkanes) is 9. The van der Waals surface area contributed by atoms with Crippen molar-refractivity contribution in [1.29, 1.82) is 0 Å². The molecule has 1 aliphatic heterocycles. The van der Waals surface area contributed by atoms with Gasteiger partial charge in [-0.3, -0.25) is 0 Å². The summed E-state index contributed by atoms with van der Waals surface area (Å²) in [5, 5.41) is 0. The van der Waals surface area contributed by atoms with Gasteiger partial charge in [0, 0.05) is 13.2 Å². The Morgan fingerprint density at radius 2 is 1.16 bits per heavy atom. The molecule has 1 fully saturated rings. The molecule has 1 saturated heterocycles. The molecule has 1 atom stereocenters. The molecule has 4 heteroatoms.